The average Bonchev–Trinajstić information content (AvgIpc) is 3.27. The number of alkyl halides is 6. The standard InChI is InChI=1S/C28H22ClF7N2O2/c1-3-37(4-2)26(39)40-24-10-9-23-19(25(24)16-5-8-22(30)21(29)14-16)11-12-38(23)15-17-13-18(27(31,32)33)6-7-20(17)28(34,35)36/h5-14H,3-4,15H2,1-2H3. The van der Waals surface area contributed by atoms with E-state index < -0.39 is 47.5 Å². The van der Waals surface area contributed by atoms with Crippen molar-refractivity contribution in [3.05, 3.63) is 88.3 Å². The van der Waals surface area contributed by atoms with Gasteiger partial charge in [0, 0.05) is 42.3 Å². The van der Waals surface area contributed by atoms with Crippen LogP contribution in [-0.4, -0.2) is 28.6 Å². The third-order valence-electron chi connectivity index (χ3n) is 6.42. The van der Waals surface area contributed by atoms with Crippen LogP contribution in [0.1, 0.15) is 30.5 Å². The number of carbonyl (C=O) groups is 1. The molecule has 1 aromatic heterocycles. The van der Waals surface area contributed by atoms with E-state index in [-0.39, 0.29) is 10.8 Å². The van der Waals surface area contributed by atoms with Gasteiger partial charge in [0.1, 0.15) is 11.6 Å². The van der Waals surface area contributed by atoms with Crippen molar-refractivity contribution in [2.24, 2.45) is 0 Å². The summed E-state index contributed by atoms with van der Waals surface area (Å²) in [6.07, 6.45) is -8.96. The second-order valence-electron chi connectivity index (χ2n) is 8.85. The van der Waals surface area contributed by atoms with Crippen molar-refractivity contribution in [3.8, 4) is 16.9 Å². The Morgan fingerprint density at radius 1 is 0.925 bits per heavy atom. The van der Waals surface area contributed by atoms with Gasteiger partial charge >= 0.3 is 18.4 Å². The van der Waals surface area contributed by atoms with Crippen molar-refractivity contribution < 1.29 is 40.3 Å². The molecule has 0 N–H and O–H groups in total. The van der Waals surface area contributed by atoms with Crippen LogP contribution in [0, 0.1) is 5.82 Å². The lowest BCUT2D eigenvalue weighted by molar-refractivity contribution is -0.141. The second-order valence-corrected chi connectivity index (χ2v) is 9.26. The highest BCUT2D eigenvalue weighted by Gasteiger charge is 2.37. The Morgan fingerprint density at radius 3 is 2.23 bits per heavy atom. The van der Waals surface area contributed by atoms with E-state index in [1.54, 1.807) is 13.8 Å². The van der Waals surface area contributed by atoms with E-state index in [1.807, 2.05) is 0 Å². The Labute approximate surface area is 229 Å². The predicted molar refractivity (Wildman–Crippen MR) is 137 cm³/mol. The van der Waals surface area contributed by atoms with Crippen LogP contribution in [0.15, 0.2) is 60.8 Å². The van der Waals surface area contributed by atoms with Crippen LogP contribution < -0.4 is 4.74 Å². The topological polar surface area (TPSA) is 34.5 Å². The van der Waals surface area contributed by atoms with Gasteiger partial charge in [-0.3, -0.25) is 0 Å². The van der Waals surface area contributed by atoms with E-state index >= 15 is 0 Å². The molecule has 0 aliphatic heterocycles. The minimum absolute atomic E-state index is 0.0832. The summed E-state index contributed by atoms with van der Waals surface area (Å²) in [5.74, 6) is -0.610. The smallest absolute Gasteiger partial charge is 0.410 e. The van der Waals surface area contributed by atoms with Gasteiger partial charge in [-0.25, -0.2) is 9.18 Å². The quantitative estimate of drug-likeness (QED) is 0.211. The van der Waals surface area contributed by atoms with Crippen molar-refractivity contribution in [1.82, 2.24) is 9.47 Å². The van der Waals surface area contributed by atoms with E-state index in [0.29, 0.717) is 53.3 Å². The van der Waals surface area contributed by atoms with Crippen molar-refractivity contribution in [2.45, 2.75) is 32.7 Å². The zero-order valence-corrected chi connectivity index (χ0v) is 21.9. The van der Waals surface area contributed by atoms with E-state index in [2.05, 4.69) is 0 Å². The number of nitrogens with zero attached hydrogens (tertiary/aromatic N) is 2. The first-order valence-corrected chi connectivity index (χ1v) is 12.4. The highest BCUT2D eigenvalue weighted by molar-refractivity contribution is 6.31. The molecule has 0 spiro atoms. The van der Waals surface area contributed by atoms with Gasteiger partial charge in [0.05, 0.1) is 16.1 Å². The molecular formula is C28H22ClF7N2O2. The molecule has 0 aliphatic rings. The summed E-state index contributed by atoms with van der Waals surface area (Å²) in [5.41, 5.74) is -1.99. The number of carbonyl (C=O) groups excluding carboxylic acids is 1. The number of benzene rings is 3. The molecule has 0 unspecified atom stereocenters. The third kappa shape index (κ3) is 5.89. The van der Waals surface area contributed by atoms with Gasteiger partial charge in [0.2, 0.25) is 0 Å². The molecule has 0 aliphatic carbocycles. The fourth-order valence-electron chi connectivity index (χ4n) is 4.43. The van der Waals surface area contributed by atoms with Crippen molar-refractivity contribution in [2.75, 3.05) is 13.1 Å². The number of amides is 1. The molecule has 12 heteroatoms. The van der Waals surface area contributed by atoms with Gasteiger partial charge < -0.3 is 14.2 Å². The molecule has 0 saturated heterocycles. The molecule has 0 atom stereocenters. The van der Waals surface area contributed by atoms with Crippen LogP contribution in [0.5, 0.6) is 5.75 Å². The molecular weight excluding hydrogens is 565 g/mol. The zero-order valence-electron chi connectivity index (χ0n) is 21.1. The molecule has 4 rings (SSSR count). The van der Waals surface area contributed by atoms with Crippen LogP contribution in [-0.2, 0) is 18.9 Å². The van der Waals surface area contributed by atoms with E-state index in [0.717, 1.165) is 6.07 Å². The Hall–Kier alpha value is -3.73. The van der Waals surface area contributed by atoms with Crippen LogP contribution in [0.2, 0.25) is 5.02 Å². The normalized spacial score (nSPS) is 12.2. The number of halogens is 8. The zero-order chi connectivity index (χ0) is 29.4. The van der Waals surface area contributed by atoms with E-state index in [9.17, 15) is 35.5 Å². The van der Waals surface area contributed by atoms with Crippen LogP contribution in [0.4, 0.5) is 35.5 Å². The van der Waals surface area contributed by atoms with E-state index in [1.165, 1.54) is 46.0 Å². The van der Waals surface area contributed by atoms with Gasteiger partial charge in [0.15, 0.2) is 0 Å². The molecule has 4 nitrogen and oxygen atoms in total. The number of aromatic nitrogens is 1. The van der Waals surface area contributed by atoms with Crippen molar-refractivity contribution in [1.29, 1.82) is 0 Å². The number of hydrogen-bond donors (Lipinski definition) is 0. The Bertz CT molecular complexity index is 1560. The summed E-state index contributed by atoms with van der Waals surface area (Å²) < 4.78 is 102. The Morgan fingerprint density at radius 2 is 1.62 bits per heavy atom. The maximum atomic E-state index is 13.9. The molecule has 3 aromatic carbocycles. The van der Waals surface area contributed by atoms with Crippen LogP contribution in [0.25, 0.3) is 22.0 Å². The molecule has 0 radical (unpaired) electrons. The first kappa shape index (κ1) is 29.3. The summed E-state index contributed by atoms with van der Waals surface area (Å²) >= 11 is 6.00. The summed E-state index contributed by atoms with van der Waals surface area (Å²) in [7, 11) is 0. The van der Waals surface area contributed by atoms with Gasteiger partial charge in [-0.2, -0.15) is 26.3 Å². The number of hydrogen-bond acceptors (Lipinski definition) is 2. The molecule has 40 heavy (non-hydrogen) atoms. The highest BCUT2D eigenvalue weighted by Crippen LogP contribution is 2.41. The fraction of sp³-hybridized carbons (Fsp3) is 0.250. The molecule has 0 bridgehead atoms. The lowest BCUT2D eigenvalue weighted by Gasteiger charge is -2.20. The minimum atomic E-state index is -4.88. The van der Waals surface area contributed by atoms with Crippen molar-refractivity contribution in [3.63, 3.8) is 0 Å². The van der Waals surface area contributed by atoms with Crippen molar-refractivity contribution >= 4 is 28.6 Å². The summed E-state index contributed by atoms with van der Waals surface area (Å²) in [4.78, 5) is 14.1. The first-order valence-electron chi connectivity index (χ1n) is 12.1. The predicted octanol–water partition coefficient (Wildman–Crippen LogP) is 9.03. The van der Waals surface area contributed by atoms with E-state index in [4.69, 9.17) is 16.3 Å². The minimum Gasteiger partial charge on any atom is -0.410 e. The number of fused-ring (bicyclic) bond motifs is 1. The fourth-order valence-corrected chi connectivity index (χ4v) is 4.61. The number of rotatable bonds is 6. The second kappa shape index (κ2) is 11.0. The number of ether oxygens (including phenoxy) is 1. The SMILES string of the molecule is CCN(CC)C(=O)Oc1ccc2c(ccn2Cc2cc(C(F)(F)F)ccc2C(F)(F)F)c1-c1ccc(F)c(Cl)c1. The largest absolute Gasteiger partial charge is 0.416 e. The Kier molecular flexibility index (Phi) is 8.07. The van der Waals surface area contributed by atoms with Gasteiger partial charge in [0.25, 0.3) is 0 Å². The highest BCUT2D eigenvalue weighted by atomic mass is 35.5. The molecule has 4 aromatic rings. The van der Waals surface area contributed by atoms with Gasteiger partial charge in [-0.1, -0.05) is 17.7 Å². The summed E-state index contributed by atoms with van der Waals surface area (Å²) in [6.45, 7) is 3.72. The molecule has 0 fully saturated rings. The molecule has 212 valence electrons. The van der Waals surface area contributed by atoms with Crippen LogP contribution >= 0.6 is 11.6 Å². The lowest BCUT2D eigenvalue weighted by atomic mass is 10.00. The van der Waals surface area contributed by atoms with Gasteiger partial charge in [-0.05, 0) is 73.5 Å². The molecule has 1 amide bonds. The third-order valence-corrected chi connectivity index (χ3v) is 6.71. The monoisotopic (exact) mass is 586 g/mol. The molecule has 0 saturated carbocycles. The summed E-state index contributed by atoms with van der Waals surface area (Å²) in [5, 5.41) is 0.182. The molecule has 1 heterocycles. The Balaban J connectivity index is 1.88. The average molecular weight is 587 g/mol. The maximum Gasteiger partial charge on any atom is 0.416 e. The lowest BCUT2D eigenvalue weighted by Crippen LogP contribution is -2.33. The first-order chi connectivity index (χ1) is 18.7. The van der Waals surface area contributed by atoms with Crippen LogP contribution in [0.3, 0.4) is 0 Å². The van der Waals surface area contributed by atoms with Gasteiger partial charge in [-0.15, -0.1) is 0 Å². The maximum absolute atomic E-state index is 13.9. The summed E-state index contributed by atoms with van der Waals surface area (Å²) in [6, 6.07) is 9.55.